The van der Waals surface area contributed by atoms with E-state index in [0.29, 0.717) is 11.1 Å². The van der Waals surface area contributed by atoms with Crippen LogP contribution in [0.2, 0.25) is 5.02 Å². The molecule has 0 amide bonds. The van der Waals surface area contributed by atoms with Crippen LogP contribution >= 0.6 is 11.6 Å². The Morgan fingerprint density at radius 1 is 1.56 bits per heavy atom. The van der Waals surface area contributed by atoms with Gasteiger partial charge in [0.15, 0.2) is 0 Å². The molecule has 1 aromatic carbocycles. The van der Waals surface area contributed by atoms with E-state index in [9.17, 15) is 0 Å². The van der Waals surface area contributed by atoms with Crippen LogP contribution in [-0.2, 0) is 6.54 Å². The first-order chi connectivity index (χ1) is 7.79. The number of methoxy groups -OCH3 is 1. The van der Waals surface area contributed by atoms with E-state index < -0.39 is 0 Å². The number of nitrogens with one attached hydrogen (secondary N) is 2. The number of ether oxygens (including phenoxy) is 1. The lowest BCUT2D eigenvalue weighted by Crippen LogP contribution is -2.30. The molecule has 0 aromatic heterocycles. The lowest BCUT2D eigenvalue weighted by molar-refractivity contribution is 0.414. The molecule has 1 aromatic rings. The summed E-state index contributed by atoms with van der Waals surface area (Å²) in [5.74, 6) is 0.730. The minimum Gasteiger partial charge on any atom is -0.495 e. The highest BCUT2D eigenvalue weighted by atomic mass is 35.5. The molecule has 16 heavy (non-hydrogen) atoms. The second-order valence-corrected chi connectivity index (χ2v) is 4.45. The summed E-state index contributed by atoms with van der Waals surface area (Å²) in [7, 11) is 1.63. The molecular weight excluding hydrogens is 224 g/mol. The van der Waals surface area contributed by atoms with Crippen molar-refractivity contribution in [2.45, 2.75) is 19.0 Å². The maximum atomic E-state index is 6.06. The first kappa shape index (κ1) is 11.7. The van der Waals surface area contributed by atoms with Gasteiger partial charge in [0, 0.05) is 19.1 Å². The smallest absolute Gasteiger partial charge is 0.137 e. The topological polar surface area (TPSA) is 33.3 Å². The Kier molecular flexibility index (Phi) is 4.04. The summed E-state index contributed by atoms with van der Waals surface area (Å²) in [5, 5.41) is 7.50. The van der Waals surface area contributed by atoms with Crippen LogP contribution < -0.4 is 15.4 Å². The third-order valence-corrected chi connectivity index (χ3v) is 3.17. The Bertz CT molecular complexity index is 351. The van der Waals surface area contributed by atoms with Gasteiger partial charge in [-0.05, 0) is 30.7 Å². The molecule has 1 aliphatic rings. The SMILES string of the molecule is COc1ccc(CNC2CCNC2)cc1Cl. The second kappa shape index (κ2) is 5.53. The summed E-state index contributed by atoms with van der Waals surface area (Å²) in [6.07, 6.45) is 1.20. The highest BCUT2D eigenvalue weighted by Crippen LogP contribution is 2.24. The van der Waals surface area contributed by atoms with Crippen molar-refractivity contribution in [3.8, 4) is 5.75 Å². The van der Waals surface area contributed by atoms with Gasteiger partial charge in [0.05, 0.1) is 12.1 Å². The Morgan fingerprint density at radius 3 is 3.06 bits per heavy atom. The van der Waals surface area contributed by atoms with E-state index in [0.717, 1.165) is 25.4 Å². The number of benzene rings is 1. The largest absolute Gasteiger partial charge is 0.495 e. The molecule has 1 unspecified atom stereocenters. The molecule has 1 heterocycles. The van der Waals surface area contributed by atoms with Gasteiger partial charge in [0.25, 0.3) is 0 Å². The number of halogens is 1. The van der Waals surface area contributed by atoms with Crippen LogP contribution in [0.1, 0.15) is 12.0 Å². The molecule has 1 saturated heterocycles. The van der Waals surface area contributed by atoms with E-state index in [2.05, 4.69) is 10.6 Å². The van der Waals surface area contributed by atoms with Crippen LogP contribution in [0.15, 0.2) is 18.2 Å². The van der Waals surface area contributed by atoms with E-state index in [4.69, 9.17) is 16.3 Å². The third-order valence-electron chi connectivity index (χ3n) is 2.87. The predicted octanol–water partition coefficient (Wildman–Crippen LogP) is 1.80. The van der Waals surface area contributed by atoms with E-state index in [1.165, 1.54) is 12.0 Å². The first-order valence-electron chi connectivity index (χ1n) is 5.56. The van der Waals surface area contributed by atoms with Crippen molar-refractivity contribution < 1.29 is 4.74 Å². The fourth-order valence-electron chi connectivity index (χ4n) is 1.91. The summed E-state index contributed by atoms with van der Waals surface area (Å²) in [6.45, 7) is 3.03. The van der Waals surface area contributed by atoms with Gasteiger partial charge in [0.2, 0.25) is 0 Å². The zero-order valence-corrected chi connectivity index (χ0v) is 10.2. The van der Waals surface area contributed by atoms with Crippen molar-refractivity contribution >= 4 is 11.6 Å². The van der Waals surface area contributed by atoms with Gasteiger partial charge in [-0.1, -0.05) is 17.7 Å². The monoisotopic (exact) mass is 240 g/mol. The summed E-state index contributed by atoms with van der Waals surface area (Å²) in [5.41, 5.74) is 1.19. The molecular formula is C12H17ClN2O. The van der Waals surface area contributed by atoms with Gasteiger partial charge >= 0.3 is 0 Å². The van der Waals surface area contributed by atoms with Gasteiger partial charge < -0.3 is 15.4 Å². The van der Waals surface area contributed by atoms with Crippen LogP contribution in [0, 0.1) is 0 Å². The van der Waals surface area contributed by atoms with Crippen molar-refractivity contribution in [1.29, 1.82) is 0 Å². The maximum Gasteiger partial charge on any atom is 0.137 e. The lowest BCUT2D eigenvalue weighted by atomic mass is 10.2. The molecule has 4 heteroatoms. The predicted molar refractivity (Wildman–Crippen MR) is 66.1 cm³/mol. The maximum absolute atomic E-state index is 6.06. The van der Waals surface area contributed by atoms with Crippen LogP contribution in [0.25, 0.3) is 0 Å². The molecule has 0 spiro atoms. The van der Waals surface area contributed by atoms with Gasteiger partial charge in [-0.2, -0.15) is 0 Å². The number of hydrogen-bond acceptors (Lipinski definition) is 3. The van der Waals surface area contributed by atoms with Gasteiger partial charge in [0.1, 0.15) is 5.75 Å². The van der Waals surface area contributed by atoms with Crippen LogP contribution in [0.5, 0.6) is 5.75 Å². The van der Waals surface area contributed by atoms with Crippen molar-refractivity contribution in [2.75, 3.05) is 20.2 Å². The molecule has 1 aliphatic heterocycles. The molecule has 0 saturated carbocycles. The normalized spacial score (nSPS) is 20.0. The zero-order valence-electron chi connectivity index (χ0n) is 9.42. The van der Waals surface area contributed by atoms with Crippen molar-refractivity contribution in [2.24, 2.45) is 0 Å². The minimum absolute atomic E-state index is 0.584. The molecule has 88 valence electrons. The van der Waals surface area contributed by atoms with E-state index in [-0.39, 0.29) is 0 Å². The van der Waals surface area contributed by atoms with Crippen molar-refractivity contribution in [1.82, 2.24) is 10.6 Å². The van der Waals surface area contributed by atoms with Crippen LogP contribution in [0.4, 0.5) is 0 Å². The Labute approximate surface area is 101 Å². The molecule has 1 atom stereocenters. The van der Waals surface area contributed by atoms with E-state index in [1.807, 2.05) is 18.2 Å². The number of rotatable bonds is 4. The van der Waals surface area contributed by atoms with Crippen molar-refractivity contribution in [3.63, 3.8) is 0 Å². The van der Waals surface area contributed by atoms with Crippen LogP contribution in [-0.4, -0.2) is 26.2 Å². The highest BCUT2D eigenvalue weighted by molar-refractivity contribution is 6.32. The fourth-order valence-corrected chi connectivity index (χ4v) is 2.19. The number of hydrogen-bond donors (Lipinski definition) is 2. The summed E-state index contributed by atoms with van der Waals surface area (Å²) < 4.78 is 5.12. The molecule has 2 rings (SSSR count). The molecule has 0 radical (unpaired) electrons. The summed E-state index contributed by atoms with van der Waals surface area (Å²) >= 11 is 6.06. The molecule has 0 aliphatic carbocycles. The quantitative estimate of drug-likeness (QED) is 0.842. The zero-order chi connectivity index (χ0) is 11.4. The summed E-state index contributed by atoms with van der Waals surface area (Å²) in [4.78, 5) is 0. The second-order valence-electron chi connectivity index (χ2n) is 4.04. The van der Waals surface area contributed by atoms with Gasteiger partial charge in [-0.3, -0.25) is 0 Å². The standard InChI is InChI=1S/C12H17ClN2O/c1-16-12-3-2-9(6-11(12)13)7-15-10-4-5-14-8-10/h2-3,6,10,14-15H,4-5,7-8H2,1H3. The molecule has 2 N–H and O–H groups in total. The van der Waals surface area contributed by atoms with E-state index in [1.54, 1.807) is 7.11 Å². The average Bonchev–Trinajstić information content (AvgIpc) is 2.79. The highest BCUT2D eigenvalue weighted by Gasteiger charge is 2.13. The van der Waals surface area contributed by atoms with Crippen LogP contribution in [0.3, 0.4) is 0 Å². The first-order valence-corrected chi connectivity index (χ1v) is 5.94. The molecule has 0 bridgehead atoms. The van der Waals surface area contributed by atoms with Gasteiger partial charge in [-0.15, -0.1) is 0 Å². The minimum atomic E-state index is 0.584. The molecule has 1 fully saturated rings. The fraction of sp³-hybridized carbons (Fsp3) is 0.500. The summed E-state index contributed by atoms with van der Waals surface area (Å²) in [6, 6.07) is 6.49. The van der Waals surface area contributed by atoms with Gasteiger partial charge in [-0.25, -0.2) is 0 Å². The molecule has 3 nitrogen and oxygen atoms in total. The Balaban J connectivity index is 1.91. The van der Waals surface area contributed by atoms with E-state index >= 15 is 0 Å². The Hall–Kier alpha value is -0.770. The Morgan fingerprint density at radius 2 is 2.44 bits per heavy atom. The van der Waals surface area contributed by atoms with Crippen molar-refractivity contribution in [3.05, 3.63) is 28.8 Å². The third kappa shape index (κ3) is 2.88. The lowest BCUT2D eigenvalue weighted by Gasteiger charge is -2.12. The average molecular weight is 241 g/mol.